The van der Waals surface area contributed by atoms with Gasteiger partial charge in [0.2, 0.25) is 0 Å². The van der Waals surface area contributed by atoms with Gasteiger partial charge in [0.05, 0.1) is 4.47 Å². The van der Waals surface area contributed by atoms with E-state index in [0.717, 1.165) is 37.1 Å². The Labute approximate surface area is 103 Å². The first kappa shape index (κ1) is 11.6. The molecule has 1 fully saturated rings. The van der Waals surface area contributed by atoms with Crippen LogP contribution in [0, 0.1) is 18.2 Å². The standard InChI is InChI=1S/C12H14BrFN2/c1-8-6-9(13)10(14)7-11(8)16-5-3-2-4-12(16)15/h6-7,15H,2-5H2,1H3. The largest absolute Gasteiger partial charge is 0.330 e. The number of anilines is 1. The van der Waals surface area contributed by atoms with Crippen LogP contribution in [0.4, 0.5) is 10.1 Å². The van der Waals surface area contributed by atoms with Crippen LogP contribution in [0.5, 0.6) is 0 Å². The van der Waals surface area contributed by atoms with E-state index in [2.05, 4.69) is 15.9 Å². The number of hydrogen-bond donors (Lipinski definition) is 1. The maximum Gasteiger partial charge on any atom is 0.139 e. The minimum absolute atomic E-state index is 0.265. The molecule has 1 aliphatic rings. The van der Waals surface area contributed by atoms with Crippen LogP contribution in [0.25, 0.3) is 0 Å². The van der Waals surface area contributed by atoms with Crippen molar-refractivity contribution in [2.45, 2.75) is 26.2 Å². The highest BCUT2D eigenvalue weighted by molar-refractivity contribution is 9.10. The Morgan fingerprint density at radius 3 is 2.81 bits per heavy atom. The lowest BCUT2D eigenvalue weighted by atomic mass is 10.1. The van der Waals surface area contributed by atoms with Gasteiger partial charge in [-0.25, -0.2) is 4.39 Å². The third-order valence-electron chi connectivity index (χ3n) is 2.90. The number of nitrogens with one attached hydrogen (secondary N) is 1. The first-order valence-corrected chi connectivity index (χ1v) is 6.19. The minimum atomic E-state index is -0.265. The van der Waals surface area contributed by atoms with Gasteiger partial charge in [0.1, 0.15) is 11.7 Å². The Hall–Kier alpha value is -0.900. The van der Waals surface area contributed by atoms with Crippen molar-refractivity contribution in [2.24, 2.45) is 0 Å². The van der Waals surface area contributed by atoms with E-state index in [1.54, 1.807) is 6.07 Å². The first-order valence-electron chi connectivity index (χ1n) is 5.40. The zero-order valence-electron chi connectivity index (χ0n) is 9.19. The van der Waals surface area contributed by atoms with E-state index in [0.29, 0.717) is 10.3 Å². The molecule has 1 aromatic carbocycles. The second-order valence-corrected chi connectivity index (χ2v) is 4.96. The normalized spacial score (nSPS) is 16.7. The van der Waals surface area contributed by atoms with Crippen molar-refractivity contribution < 1.29 is 4.39 Å². The van der Waals surface area contributed by atoms with Gasteiger partial charge in [-0.05, 0) is 53.4 Å². The van der Waals surface area contributed by atoms with Crippen LogP contribution in [-0.4, -0.2) is 12.4 Å². The molecule has 1 saturated heterocycles. The summed E-state index contributed by atoms with van der Waals surface area (Å²) in [5.74, 6) is 0.329. The molecule has 0 bridgehead atoms. The second-order valence-electron chi connectivity index (χ2n) is 4.11. The summed E-state index contributed by atoms with van der Waals surface area (Å²) in [6.07, 6.45) is 2.92. The molecule has 2 rings (SSSR count). The Kier molecular flexibility index (Phi) is 3.28. The van der Waals surface area contributed by atoms with E-state index in [4.69, 9.17) is 5.41 Å². The summed E-state index contributed by atoms with van der Waals surface area (Å²) in [6.45, 7) is 2.77. The molecule has 1 aliphatic heterocycles. The number of amidine groups is 1. The van der Waals surface area contributed by atoms with E-state index in [1.165, 1.54) is 6.07 Å². The first-order chi connectivity index (χ1) is 7.59. The molecule has 2 nitrogen and oxygen atoms in total. The molecule has 0 spiro atoms. The minimum Gasteiger partial charge on any atom is -0.330 e. The number of aryl methyl sites for hydroxylation is 1. The van der Waals surface area contributed by atoms with Gasteiger partial charge in [0, 0.05) is 18.7 Å². The van der Waals surface area contributed by atoms with Gasteiger partial charge >= 0.3 is 0 Å². The lowest BCUT2D eigenvalue weighted by Crippen LogP contribution is -2.35. The van der Waals surface area contributed by atoms with Gasteiger partial charge in [0.15, 0.2) is 0 Å². The quantitative estimate of drug-likeness (QED) is 0.833. The average molecular weight is 285 g/mol. The van der Waals surface area contributed by atoms with Crippen LogP contribution in [0.2, 0.25) is 0 Å². The summed E-state index contributed by atoms with van der Waals surface area (Å²) in [5, 5.41) is 7.90. The van der Waals surface area contributed by atoms with Gasteiger partial charge in [0.25, 0.3) is 0 Å². The van der Waals surface area contributed by atoms with Gasteiger partial charge in [-0.3, -0.25) is 5.41 Å². The van der Waals surface area contributed by atoms with Crippen LogP contribution in [0.1, 0.15) is 24.8 Å². The fraction of sp³-hybridized carbons (Fsp3) is 0.417. The predicted octanol–water partition coefficient (Wildman–Crippen LogP) is 3.86. The third-order valence-corrected chi connectivity index (χ3v) is 3.51. The molecular formula is C12H14BrFN2. The fourth-order valence-corrected chi connectivity index (χ4v) is 2.48. The summed E-state index contributed by atoms with van der Waals surface area (Å²) in [5.41, 5.74) is 1.82. The predicted molar refractivity (Wildman–Crippen MR) is 67.8 cm³/mol. The molecular weight excluding hydrogens is 271 g/mol. The molecule has 86 valence electrons. The summed E-state index contributed by atoms with van der Waals surface area (Å²) >= 11 is 3.17. The van der Waals surface area contributed by atoms with Crippen molar-refractivity contribution in [1.82, 2.24) is 0 Å². The maximum atomic E-state index is 13.5. The molecule has 0 aromatic heterocycles. The maximum absolute atomic E-state index is 13.5. The SMILES string of the molecule is Cc1cc(Br)c(F)cc1N1CCCCC1=N. The van der Waals surface area contributed by atoms with Crippen LogP contribution in [0.15, 0.2) is 16.6 Å². The molecule has 1 aromatic rings. The number of halogens is 2. The summed E-state index contributed by atoms with van der Waals surface area (Å²) in [7, 11) is 0. The van der Waals surface area contributed by atoms with Crippen molar-refractivity contribution in [1.29, 1.82) is 5.41 Å². The number of hydrogen-bond acceptors (Lipinski definition) is 1. The van der Waals surface area contributed by atoms with E-state index in [-0.39, 0.29) is 5.82 Å². The fourth-order valence-electron chi connectivity index (χ4n) is 2.02. The van der Waals surface area contributed by atoms with Crippen molar-refractivity contribution in [3.8, 4) is 0 Å². The van der Waals surface area contributed by atoms with Gasteiger partial charge in [-0.2, -0.15) is 0 Å². The number of rotatable bonds is 1. The van der Waals surface area contributed by atoms with Crippen LogP contribution in [-0.2, 0) is 0 Å². The monoisotopic (exact) mass is 284 g/mol. The Balaban J connectivity index is 2.39. The lowest BCUT2D eigenvalue weighted by molar-refractivity contribution is 0.619. The Morgan fingerprint density at radius 2 is 2.12 bits per heavy atom. The van der Waals surface area contributed by atoms with Crippen LogP contribution < -0.4 is 4.90 Å². The number of nitrogens with zero attached hydrogens (tertiary/aromatic N) is 1. The molecule has 0 amide bonds. The third kappa shape index (κ3) is 2.12. The molecule has 0 unspecified atom stereocenters. The molecule has 0 atom stereocenters. The van der Waals surface area contributed by atoms with Crippen molar-refractivity contribution in [3.05, 3.63) is 28.0 Å². The Bertz CT molecular complexity index is 431. The Morgan fingerprint density at radius 1 is 1.38 bits per heavy atom. The number of piperidine rings is 1. The van der Waals surface area contributed by atoms with E-state index in [1.807, 2.05) is 11.8 Å². The highest BCUT2D eigenvalue weighted by Crippen LogP contribution is 2.29. The van der Waals surface area contributed by atoms with Gasteiger partial charge in [-0.15, -0.1) is 0 Å². The summed E-state index contributed by atoms with van der Waals surface area (Å²) < 4.78 is 14.0. The summed E-state index contributed by atoms with van der Waals surface area (Å²) in [4.78, 5) is 1.91. The van der Waals surface area contributed by atoms with Crippen LogP contribution in [0.3, 0.4) is 0 Å². The summed E-state index contributed by atoms with van der Waals surface area (Å²) in [6, 6.07) is 3.28. The van der Waals surface area contributed by atoms with E-state index >= 15 is 0 Å². The highest BCUT2D eigenvalue weighted by Gasteiger charge is 2.19. The second kappa shape index (κ2) is 4.53. The molecule has 4 heteroatoms. The molecule has 0 aliphatic carbocycles. The average Bonchev–Trinajstić information content (AvgIpc) is 2.25. The van der Waals surface area contributed by atoms with Crippen LogP contribution >= 0.6 is 15.9 Å². The van der Waals surface area contributed by atoms with Gasteiger partial charge in [-0.1, -0.05) is 0 Å². The number of benzene rings is 1. The van der Waals surface area contributed by atoms with Crippen molar-refractivity contribution in [2.75, 3.05) is 11.4 Å². The topological polar surface area (TPSA) is 27.1 Å². The van der Waals surface area contributed by atoms with Crippen molar-refractivity contribution >= 4 is 27.5 Å². The molecule has 1 heterocycles. The van der Waals surface area contributed by atoms with E-state index < -0.39 is 0 Å². The molecule has 0 saturated carbocycles. The zero-order valence-corrected chi connectivity index (χ0v) is 10.8. The molecule has 0 radical (unpaired) electrons. The smallest absolute Gasteiger partial charge is 0.139 e. The van der Waals surface area contributed by atoms with E-state index in [9.17, 15) is 4.39 Å². The van der Waals surface area contributed by atoms with Gasteiger partial charge < -0.3 is 4.90 Å². The lowest BCUT2D eigenvalue weighted by Gasteiger charge is -2.30. The molecule has 16 heavy (non-hydrogen) atoms. The molecule has 1 N–H and O–H groups in total. The van der Waals surface area contributed by atoms with Crippen molar-refractivity contribution in [3.63, 3.8) is 0 Å². The highest BCUT2D eigenvalue weighted by atomic mass is 79.9. The zero-order chi connectivity index (χ0) is 11.7.